The Morgan fingerprint density at radius 2 is 0.717 bits per heavy atom. The Kier molecular flexibility index (Phi) is 5.86. The van der Waals surface area contributed by atoms with Gasteiger partial charge in [0.1, 0.15) is 0 Å². The molecule has 0 radical (unpaired) electrons. The van der Waals surface area contributed by atoms with Gasteiger partial charge in [-0.1, -0.05) is 142 Å². The molecule has 0 atom stereocenters. The first-order valence-electron chi connectivity index (χ1n) is 16.3. The molecule has 0 heterocycles. The number of hydrogen-bond acceptors (Lipinski definition) is 0. The van der Waals surface area contributed by atoms with Crippen LogP contribution in [0, 0.1) is 0 Å². The number of rotatable bonds is 2. The molecule has 9 aromatic carbocycles. The minimum Gasteiger partial charge on any atom is -0.0622 e. The van der Waals surface area contributed by atoms with E-state index in [-0.39, 0.29) is 5.41 Å². The molecule has 0 N–H and O–H groups in total. The SMILES string of the molecule is CC(C)(C)c1ccc2c(-c3ccccc3)c3cc4c5cc6ccccc6cc5c5ccccc5c4cc3c(-c3ccccc3)c2c1. The van der Waals surface area contributed by atoms with Crippen LogP contribution in [0.1, 0.15) is 26.3 Å². The molecular formula is C46H34. The van der Waals surface area contributed by atoms with E-state index in [9.17, 15) is 0 Å². The van der Waals surface area contributed by atoms with Gasteiger partial charge in [0.25, 0.3) is 0 Å². The summed E-state index contributed by atoms with van der Waals surface area (Å²) >= 11 is 0. The van der Waals surface area contributed by atoms with Crippen LogP contribution in [0.15, 0.2) is 152 Å². The Balaban J connectivity index is 1.57. The molecule has 218 valence electrons. The lowest BCUT2D eigenvalue weighted by atomic mass is 9.80. The molecule has 0 amide bonds. The van der Waals surface area contributed by atoms with Gasteiger partial charge in [0, 0.05) is 0 Å². The fraction of sp³-hybridized carbons (Fsp3) is 0.0870. The predicted octanol–water partition coefficient (Wildman–Crippen LogP) is 13.2. The lowest BCUT2D eigenvalue weighted by Gasteiger charge is -2.23. The molecule has 0 spiro atoms. The molecule has 0 heteroatoms. The highest BCUT2D eigenvalue weighted by atomic mass is 14.3. The Morgan fingerprint density at radius 3 is 1.26 bits per heavy atom. The van der Waals surface area contributed by atoms with Gasteiger partial charge in [0.2, 0.25) is 0 Å². The molecule has 0 aliphatic rings. The highest BCUT2D eigenvalue weighted by molar-refractivity contribution is 6.32. The molecule has 0 unspecified atom stereocenters. The molecular weight excluding hydrogens is 553 g/mol. The molecule has 0 aliphatic carbocycles. The Morgan fingerprint density at radius 1 is 0.304 bits per heavy atom. The third-order valence-electron chi connectivity index (χ3n) is 9.93. The summed E-state index contributed by atoms with van der Waals surface area (Å²) < 4.78 is 0. The lowest BCUT2D eigenvalue weighted by Crippen LogP contribution is -2.10. The van der Waals surface area contributed by atoms with Crippen molar-refractivity contribution in [3.8, 4) is 22.3 Å². The van der Waals surface area contributed by atoms with Crippen molar-refractivity contribution in [1.82, 2.24) is 0 Å². The quantitative estimate of drug-likeness (QED) is 0.140. The molecule has 9 aromatic rings. The van der Waals surface area contributed by atoms with Crippen molar-refractivity contribution in [2.75, 3.05) is 0 Å². The van der Waals surface area contributed by atoms with Crippen molar-refractivity contribution in [3.63, 3.8) is 0 Å². The van der Waals surface area contributed by atoms with E-state index < -0.39 is 0 Å². The molecule has 46 heavy (non-hydrogen) atoms. The van der Waals surface area contributed by atoms with Crippen molar-refractivity contribution in [2.24, 2.45) is 0 Å². The fourth-order valence-corrected chi connectivity index (χ4v) is 7.66. The van der Waals surface area contributed by atoms with E-state index in [1.165, 1.54) is 92.5 Å². The van der Waals surface area contributed by atoms with Gasteiger partial charge in [0.15, 0.2) is 0 Å². The first-order chi connectivity index (χ1) is 22.5. The highest BCUT2D eigenvalue weighted by Gasteiger charge is 2.22. The normalized spacial score (nSPS) is 12.2. The van der Waals surface area contributed by atoms with E-state index in [1.807, 2.05) is 0 Å². The van der Waals surface area contributed by atoms with Crippen LogP contribution in [-0.4, -0.2) is 0 Å². The van der Waals surface area contributed by atoms with Gasteiger partial charge in [-0.2, -0.15) is 0 Å². The first kappa shape index (κ1) is 26.9. The van der Waals surface area contributed by atoms with Crippen LogP contribution in [0.2, 0.25) is 0 Å². The van der Waals surface area contributed by atoms with Crippen LogP contribution < -0.4 is 0 Å². The number of hydrogen-bond donors (Lipinski definition) is 0. The van der Waals surface area contributed by atoms with Crippen molar-refractivity contribution >= 4 is 64.6 Å². The summed E-state index contributed by atoms with van der Waals surface area (Å²) in [6, 6.07) is 56.6. The zero-order valence-electron chi connectivity index (χ0n) is 26.4. The minimum absolute atomic E-state index is 0.0330. The number of benzene rings is 9. The fourth-order valence-electron chi connectivity index (χ4n) is 7.66. The van der Waals surface area contributed by atoms with E-state index in [2.05, 4.69) is 172 Å². The maximum absolute atomic E-state index is 2.50. The van der Waals surface area contributed by atoms with E-state index in [0.29, 0.717) is 0 Å². The van der Waals surface area contributed by atoms with E-state index >= 15 is 0 Å². The summed E-state index contributed by atoms with van der Waals surface area (Å²) in [5.41, 5.74) is 6.48. The van der Waals surface area contributed by atoms with Crippen LogP contribution in [0.5, 0.6) is 0 Å². The molecule has 0 saturated heterocycles. The average Bonchev–Trinajstić information content (AvgIpc) is 3.09. The monoisotopic (exact) mass is 586 g/mol. The smallest absolute Gasteiger partial charge is 0.00260 e. The van der Waals surface area contributed by atoms with Crippen LogP contribution in [-0.2, 0) is 5.41 Å². The van der Waals surface area contributed by atoms with Gasteiger partial charge in [0.05, 0.1) is 0 Å². The largest absolute Gasteiger partial charge is 0.0622 e. The van der Waals surface area contributed by atoms with Crippen LogP contribution in [0.3, 0.4) is 0 Å². The van der Waals surface area contributed by atoms with Crippen LogP contribution in [0.4, 0.5) is 0 Å². The van der Waals surface area contributed by atoms with Gasteiger partial charge >= 0.3 is 0 Å². The number of fused-ring (bicyclic) bond motifs is 9. The summed E-state index contributed by atoms with van der Waals surface area (Å²) in [5, 5.41) is 15.5. The topological polar surface area (TPSA) is 0 Å². The summed E-state index contributed by atoms with van der Waals surface area (Å²) in [5.74, 6) is 0. The maximum Gasteiger partial charge on any atom is -0.00260 e. The second kappa shape index (κ2) is 10.0. The maximum atomic E-state index is 2.50. The van der Waals surface area contributed by atoms with Gasteiger partial charge in [-0.15, -0.1) is 0 Å². The van der Waals surface area contributed by atoms with Gasteiger partial charge < -0.3 is 0 Å². The predicted molar refractivity (Wildman–Crippen MR) is 201 cm³/mol. The van der Waals surface area contributed by atoms with E-state index in [1.54, 1.807) is 0 Å². The second-order valence-corrected chi connectivity index (χ2v) is 13.7. The third kappa shape index (κ3) is 4.07. The third-order valence-corrected chi connectivity index (χ3v) is 9.93. The summed E-state index contributed by atoms with van der Waals surface area (Å²) in [7, 11) is 0. The molecule has 0 aliphatic heterocycles. The average molecular weight is 587 g/mol. The zero-order chi connectivity index (χ0) is 31.0. The zero-order valence-corrected chi connectivity index (χ0v) is 26.4. The van der Waals surface area contributed by atoms with Crippen LogP contribution in [0.25, 0.3) is 86.9 Å². The van der Waals surface area contributed by atoms with Crippen molar-refractivity contribution in [1.29, 1.82) is 0 Å². The Hall–Kier alpha value is -5.46. The molecule has 0 saturated carbocycles. The van der Waals surface area contributed by atoms with Gasteiger partial charge in [-0.05, 0) is 128 Å². The Bertz CT molecular complexity index is 2640. The minimum atomic E-state index is 0.0330. The van der Waals surface area contributed by atoms with Gasteiger partial charge in [-0.25, -0.2) is 0 Å². The summed E-state index contributed by atoms with van der Waals surface area (Å²) in [4.78, 5) is 0. The lowest BCUT2D eigenvalue weighted by molar-refractivity contribution is 0.591. The van der Waals surface area contributed by atoms with Crippen LogP contribution >= 0.6 is 0 Å². The van der Waals surface area contributed by atoms with Crippen molar-refractivity contribution in [3.05, 3.63) is 157 Å². The molecule has 0 fully saturated rings. The van der Waals surface area contributed by atoms with Crippen molar-refractivity contribution in [2.45, 2.75) is 26.2 Å². The summed E-state index contributed by atoms with van der Waals surface area (Å²) in [6.07, 6.45) is 0. The summed E-state index contributed by atoms with van der Waals surface area (Å²) in [6.45, 7) is 6.93. The molecule has 0 aromatic heterocycles. The Labute approximate surface area is 269 Å². The molecule has 0 nitrogen and oxygen atoms in total. The van der Waals surface area contributed by atoms with E-state index in [0.717, 1.165) is 0 Å². The second-order valence-electron chi connectivity index (χ2n) is 13.7. The van der Waals surface area contributed by atoms with Crippen molar-refractivity contribution < 1.29 is 0 Å². The van der Waals surface area contributed by atoms with Gasteiger partial charge in [-0.3, -0.25) is 0 Å². The standard InChI is InChI=1S/C46H34/c1-46(2,3)33-22-23-36-41(26-33)45(30-16-8-5-9-17-30)43-27-39-35-21-13-12-20-34(35)37-24-31-18-10-11-19-32(31)25-38(37)40(39)28-42(43)44(36)29-14-6-4-7-15-29/h4-28H,1-3H3. The highest BCUT2D eigenvalue weighted by Crippen LogP contribution is 2.48. The molecule has 0 bridgehead atoms. The van der Waals surface area contributed by atoms with E-state index in [4.69, 9.17) is 0 Å². The molecule has 9 rings (SSSR count). The first-order valence-corrected chi connectivity index (χ1v) is 16.3.